The molecule has 1 aliphatic carbocycles. The summed E-state index contributed by atoms with van der Waals surface area (Å²) in [6.45, 7) is 2.57. The van der Waals surface area contributed by atoms with Crippen molar-refractivity contribution in [3.05, 3.63) is 35.8 Å². The first-order valence-corrected chi connectivity index (χ1v) is 5.94. The van der Waals surface area contributed by atoms with Gasteiger partial charge in [-0.15, -0.1) is 0 Å². The number of hydrogen-bond donors (Lipinski definition) is 1. The van der Waals surface area contributed by atoms with Gasteiger partial charge in [0.1, 0.15) is 5.65 Å². The molecule has 0 unspecified atom stereocenters. The van der Waals surface area contributed by atoms with E-state index >= 15 is 0 Å². The van der Waals surface area contributed by atoms with E-state index in [9.17, 15) is 4.79 Å². The lowest BCUT2D eigenvalue weighted by atomic mass is 10.3. The van der Waals surface area contributed by atoms with Crippen LogP contribution in [0.1, 0.15) is 24.1 Å². The van der Waals surface area contributed by atoms with Crippen molar-refractivity contribution in [2.45, 2.75) is 26.3 Å². The van der Waals surface area contributed by atoms with E-state index in [0.717, 1.165) is 24.2 Å². The van der Waals surface area contributed by atoms with E-state index < -0.39 is 0 Å². The monoisotopic (exact) mass is 229 g/mol. The van der Waals surface area contributed by atoms with Crippen LogP contribution in [-0.4, -0.2) is 15.3 Å². The molecule has 0 atom stereocenters. The molecule has 1 fully saturated rings. The van der Waals surface area contributed by atoms with Crippen molar-refractivity contribution in [1.82, 2.24) is 14.7 Å². The van der Waals surface area contributed by atoms with Gasteiger partial charge in [0.2, 0.25) is 5.91 Å². The molecule has 0 aliphatic heterocycles. The number of aromatic nitrogens is 2. The predicted octanol–water partition coefficient (Wildman–Crippen LogP) is 1.67. The zero-order chi connectivity index (χ0) is 11.8. The highest BCUT2D eigenvalue weighted by Crippen LogP contribution is 2.28. The largest absolute Gasteiger partial charge is 0.350 e. The molecule has 0 spiro atoms. The lowest BCUT2D eigenvalue weighted by Gasteiger charge is -1.99. The topological polar surface area (TPSA) is 46.4 Å². The van der Waals surface area contributed by atoms with Crippen LogP contribution in [-0.2, 0) is 11.3 Å². The molecule has 4 nitrogen and oxygen atoms in total. The second-order valence-corrected chi connectivity index (χ2v) is 4.69. The van der Waals surface area contributed by atoms with Crippen LogP contribution in [0.4, 0.5) is 0 Å². The maximum atomic E-state index is 11.5. The first-order chi connectivity index (χ1) is 8.22. The van der Waals surface area contributed by atoms with E-state index in [-0.39, 0.29) is 11.8 Å². The van der Waals surface area contributed by atoms with Crippen LogP contribution in [0.25, 0.3) is 5.65 Å². The van der Waals surface area contributed by atoms with Crippen molar-refractivity contribution < 1.29 is 4.79 Å². The highest BCUT2D eigenvalue weighted by atomic mass is 16.2. The maximum absolute atomic E-state index is 11.5. The molecule has 3 rings (SSSR count). The zero-order valence-electron chi connectivity index (χ0n) is 9.81. The smallest absolute Gasteiger partial charge is 0.223 e. The number of carbonyl (C=O) groups is 1. The number of carbonyl (C=O) groups excluding carboxylic acids is 1. The molecule has 1 aliphatic rings. The quantitative estimate of drug-likeness (QED) is 0.870. The molecular formula is C13H15N3O. The van der Waals surface area contributed by atoms with Gasteiger partial charge in [0, 0.05) is 18.3 Å². The number of nitrogens with zero attached hydrogens (tertiary/aromatic N) is 2. The average Bonchev–Trinajstić information content (AvgIpc) is 3.07. The molecule has 1 saturated carbocycles. The molecule has 0 bridgehead atoms. The molecule has 0 aromatic carbocycles. The van der Waals surface area contributed by atoms with Crippen molar-refractivity contribution in [3.8, 4) is 0 Å². The molecule has 4 heteroatoms. The Labute approximate surface area is 99.7 Å². The van der Waals surface area contributed by atoms with Gasteiger partial charge in [-0.3, -0.25) is 4.79 Å². The van der Waals surface area contributed by atoms with E-state index in [1.165, 1.54) is 5.56 Å². The van der Waals surface area contributed by atoms with Crippen LogP contribution in [0, 0.1) is 12.8 Å². The Morgan fingerprint density at radius 3 is 3.18 bits per heavy atom. The van der Waals surface area contributed by atoms with E-state index in [1.54, 1.807) is 0 Å². The number of rotatable bonds is 3. The third-order valence-electron chi connectivity index (χ3n) is 3.06. The number of pyridine rings is 1. The predicted molar refractivity (Wildman–Crippen MR) is 64.5 cm³/mol. The van der Waals surface area contributed by atoms with Gasteiger partial charge in [-0.25, -0.2) is 4.98 Å². The summed E-state index contributed by atoms with van der Waals surface area (Å²) in [6, 6.07) is 4.08. The van der Waals surface area contributed by atoms with Crippen LogP contribution in [0.2, 0.25) is 0 Å². The number of hydrogen-bond acceptors (Lipinski definition) is 2. The van der Waals surface area contributed by atoms with Gasteiger partial charge in [-0.2, -0.15) is 0 Å². The summed E-state index contributed by atoms with van der Waals surface area (Å²) in [6.07, 6.45) is 6.03. The number of amides is 1. The third kappa shape index (κ3) is 2.16. The van der Waals surface area contributed by atoms with Crippen molar-refractivity contribution in [2.24, 2.45) is 5.92 Å². The summed E-state index contributed by atoms with van der Waals surface area (Å²) >= 11 is 0. The lowest BCUT2D eigenvalue weighted by molar-refractivity contribution is -0.122. The lowest BCUT2D eigenvalue weighted by Crippen LogP contribution is -2.24. The van der Waals surface area contributed by atoms with Gasteiger partial charge in [0.25, 0.3) is 0 Å². The Hall–Kier alpha value is -1.84. The fourth-order valence-corrected chi connectivity index (χ4v) is 1.89. The normalized spacial score (nSPS) is 15.1. The van der Waals surface area contributed by atoms with Crippen molar-refractivity contribution in [1.29, 1.82) is 0 Å². The van der Waals surface area contributed by atoms with Crippen LogP contribution < -0.4 is 5.32 Å². The van der Waals surface area contributed by atoms with Gasteiger partial charge in [-0.05, 0) is 37.5 Å². The minimum absolute atomic E-state index is 0.165. The third-order valence-corrected chi connectivity index (χ3v) is 3.06. The number of nitrogens with one attached hydrogen (secondary N) is 1. The van der Waals surface area contributed by atoms with Crippen molar-refractivity contribution in [3.63, 3.8) is 0 Å². The number of imidazole rings is 1. The van der Waals surface area contributed by atoms with Crippen LogP contribution >= 0.6 is 0 Å². The van der Waals surface area contributed by atoms with E-state index in [0.29, 0.717) is 6.54 Å². The van der Waals surface area contributed by atoms with E-state index in [4.69, 9.17) is 0 Å². The Bertz CT molecular complexity index is 569. The molecule has 17 heavy (non-hydrogen) atoms. The van der Waals surface area contributed by atoms with Crippen molar-refractivity contribution in [2.75, 3.05) is 0 Å². The average molecular weight is 229 g/mol. The molecular weight excluding hydrogens is 214 g/mol. The number of aryl methyl sites for hydroxylation is 1. The van der Waals surface area contributed by atoms with Gasteiger partial charge in [-0.1, -0.05) is 0 Å². The molecule has 2 aromatic heterocycles. The minimum atomic E-state index is 0.165. The summed E-state index contributed by atoms with van der Waals surface area (Å²) in [5.41, 5.74) is 3.03. The van der Waals surface area contributed by atoms with Gasteiger partial charge in [0.15, 0.2) is 0 Å². The van der Waals surface area contributed by atoms with Crippen LogP contribution in [0.15, 0.2) is 24.5 Å². The summed E-state index contributed by atoms with van der Waals surface area (Å²) < 4.78 is 1.98. The fraction of sp³-hybridized carbons (Fsp3) is 0.385. The van der Waals surface area contributed by atoms with Gasteiger partial charge >= 0.3 is 0 Å². The summed E-state index contributed by atoms with van der Waals surface area (Å²) in [5, 5.41) is 2.92. The van der Waals surface area contributed by atoms with Crippen molar-refractivity contribution >= 4 is 11.6 Å². The second kappa shape index (κ2) is 3.87. The molecule has 1 N–H and O–H groups in total. The number of fused-ring (bicyclic) bond motifs is 1. The second-order valence-electron chi connectivity index (χ2n) is 4.69. The highest BCUT2D eigenvalue weighted by molar-refractivity contribution is 5.80. The Morgan fingerprint density at radius 2 is 2.41 bits per heavy atom. The Balaban J connectivity index is 1.74. The summed E-state index contributed by atoms with van der Waals surface area (Å²) in [5.74, 6) is 0.424. The van der Waals surface area contributed by atoms with Gasteiger partial charge < -0.3 is 9.72 Å². The van der Waals surface area contributed by atoms with E-state index in [1.807, 2.05) is 35.9 Å². The Kier molecular flexibility index (Phi) is 2.35. The molecule has 0 saturated heterocycles. The molecule has 2 heterocycles. The van der Waals surface area contributed by atoms with Gasteiger partial charge in [0.05, 0.1) is 12.2 Å². The Morgan fingerprint density at radius 1 is 1.59 bits per heavy atom. The fourth-order valence-electron chi connectivity index (χ4n) is 1.89. The summed E-state index contributed by atoms with van der Waals surface area (Å²) in [7, 11) is 0. The maximum Gasteiger partial charge on any atom is 0.223 e. The first-order valence-electron chi connectivity index (χ1n) is 5.94. The first kappa shape index (κ1) is 10.3. The van der Waals surface area contributed by atoms with Crippen LogP contribution in [0.5, 0.6) is 0 Å². The van der Waals surface area contributed by atoms with Crippen LogP contribution in [0.3, 0.4) is 0 Å². The SMILES string of the molecule is Cc1ccn2cc(CNC(=O)C3CC3)nc2c1. The molecule has 1 amide bonds. The molecule has 0 radical (unpaired) electrons. The zero-order valence-corrected chi connectivity index (χ0v) is 9.81. The standard InChI is InChI=1S/C13H15N3O/c1-9-4-5-16-8-11(15-12(16)6-9)7-14-13(17)10-2-3-10/h4-6,8,10H,2-3,7H2,1H3,(H,14,17). The summed E-state index contributed by atoms with van der Waals surface area (Å²) in [4.78, 5) is 16.0. The minimum Gasteiger partial charge on any atom is -0.350 e. The highest BCUT2D eigenvalue weighted by Gasteiger charge is 2.29. The van der Waals surface area contributed by atoms with E-state index in [2.05, 4.69) is 10.3 Å². The molecule has 2 aromatic rings. The molecule has 88 valence electrons.